The largest absolute Gasteiger partial charge is 0.497 e. The van der Waals surface area contributed by atoms with Crippen LogP contribution in [-0.2, 0) is 0 Å². The first-order valence-corrected chi connectivity index (χ1v) is 7.19. The zero-order valence-electron chi connectivity index (χ0n) is 11.8. The molecule has 0 aliphatic carbocycles. The molecule has 0 amide bonds. The summed E-state index contributed by atoms with van der Waals surface area (Å²) in [6, 6.07) is 6.12. The molecule has 1 aromatic heterocycles. The van der Waals surface area contributed by atoms with Gasteiger partial charge in [0.05, 0.1) is 12.9 Å². The summed E-state index contributed by atoms with van der Waals surface area (Å²) in [5.74, 6) is 0.696. The number of aromatic nitrogens is 3. The molecule has 2 rings (SSSR count). The van der Waals surface area contributed by atoms with E-state index in [0.29, 0.717) is 15.9 Å². The number of rotatable bonds is 4. The summed E-state index contributed by atoms with van der Waals surface area (Å²) in [4.78, 5) is 11.7. The van der Waals surface area contributed by atoms with Crippen LogP contribution < -0.4 is 9.84 Å². The zero-order chi connectivity index (χ0) is 17.0. The van der Waals surface area contributed by atoms with Crippen molar-refractivity contribution in [1.29, 1.82) is 0 Å². The third kappa shape index (κ3) is 3.65. The minimum absolute atomic E-state index is 0.0870. The maximum Gasteiger partial charge on any atom is 0.495 e. The number of halogens is 3. The number of benzene rings is 1. The number of ether oxygens (including phenoxy) is 1. The number of nitrogens with zero attached hydrogens (tertiary/aromatic N) is 2. The second-order valence-electron chi connectivity index (χ2n) is 4.21. The van der Waals surface area contributed by atoms with Crippen molar-refractivity contribution in [2.75, 3.05) is 12.9 Å². The number of terminal acetylenes is 1. The highest BCUT2D eigenvalue weighted by Crippen LogP contribution is 2.27. The Hall–Kier alpha value is -2.47. The van der Waals surface area contributed by atoms with Crippen LogP contribution in [-0.4, -0.2) is 34.6 Å². The summed E-state index contributed by atoms with van der Waals surface area (Å²) in [5, 5.41) is 6.15. The average Bonchev–Trinajstić information content (AvgIpc) is 2.94. The fraction of sp³-hybridized carbons (Fsp3) is 0.214. The Kier molecular flexibility index (Phi) is 4.95. The van der Waals surface area contributed by atoms with E-state index in [0.717, 1.165) is 11.8 Å². The molecule has 1 aromatic carbocycles. The highest BCUT2D eigenvalue weighted by molar-refractivity contribution is 7.99. The van der Waals surface area contributed by atoms with Crippen molar-refractivity contribution in [3.63, 3.8) is 0 Å². The van der Waals surface area contributed by atoms with Crippen LogP contribution in [0.5, 0.6) is 5.75 Å². The third-order valence-corrected chi connectivity index (χ3v) is 3.62. The monoisotopic (exact) mass is 342 g/mol. The summed E-state index contributed by atoms with van der Waals surface area (Å²) in [7, 11) is 1.46. The summed E-state index contributed by atoms with van der Waals surface area (Å²) in [6.07, 6.45) is 0.0623. The Balaban J connectivity index is 2.52. The molecule has 0 atom stereocenters. The van der Waals surface area contributed by atoms with Gasteiger partial charge < -0.3 is 4.74 Å². The highest BCUT2D eigenvalue weighted by atomic mass is 32.2. The number of carbonyl (C=O) groups excluding carboxylic acids is 1. The van der Waals surface area contributed by atoms with Gasteiger partial charge >= 0.3 is 17.2 Å². The summed E-state index contributed by atoms with van der Waals surface area (Å²) in [5.41, 5.74) is 0.326. The maximum atomic E-state index is 12.8. The quantitative estimate of drug-likeness (QED) is 0.632. The number of hydrogen-bond acceptors (Lipinski definition) is 4. The van der Waals surface area contributed by atoms with Gasteiger partial charge in [-0.3, -0.25) is 0 Å². The van der Waals surface area contributed by atoms with Gasteiger partial charge in [-0.1, -0.05) is 5.92 Å². The number of aromatic amines is 1. The number of methoxy groups -OCH3 is 1. The standard InChI is InChI=1S/C14H10F3N3O2S/c1-3-8-23-13-19-18-11(20(13)12(21)14(15,16)17)9-4-6-10(22-2)7-5-9/h1,4-7H,8H2,2H3/p+1. The van der Waals surface area contributed by atoms with E-state index in [-0.39, 0.29) is 16.7 Å². The molecule has 0 aliphatic heterocycles. The molecule has 2 aromatic rings. The van der Waals surface area contributed by atoms with Gasteiger partial charge in [-0.25, -0.2) is 4.79 Å². The molecule has 23 heavy (non-hydrogen) atoms. The Bertz CT molecular complexity index is 748. The lowest BCUT2D eigenvalue weighted by atomic mass is 10.2. The van der Waals surface area contributed by atoms with Crippen molar-refractivity contribution in [2.45, 2.75) is 11.3 Å². The van der Waals surface area contributed by atoms with E-state index < -0.39 is 12.1 Å². The number of alkyl halides is 3. The average molecular weight is 342 g/mol. The van der Waals surface area contributed by atoms with Crippen LogP contribution in [0.15, 0.2) is 29.4 Å². The molecule has 0 bridgehead atoms. The SMILES string of the molecule is C#CCSc1[nH+]nc(-c2ccc(OC)cc2)n1C(=O)C(F)(F)F. The van der Waals surface area contributed by atoms with Crippen LogP contribution in [0.4, 0.5) is 13.2 Å². The molecule has 0 radical (unpaired) electrons. The first-order chi connectivity index (χ1) is 10.9. The lowest BCUT2D eigenvalue weighted by Crippen LogP contribution is -2.30. The predicted molar refractivity (Wildman–Crippen MR) is 77.0 cm³/mol. The molecule has 0 saturated heterocycles. The van der Waals surface area contributed by atoms with E-state index in [9.17, 15) is 18.0 Å². The molecular weight excluding hydrogens is 331 g/mol. The van der Waals surface area contributed by atoms with Crippen molar-refractivity contribution >= 4 is 17.7 Å². The van der Waals surface area contributed by atoms with E-state index in [1.165, 1.54) is 19.2 Å². The van der Waals surface area contributed by atoms with Crippen molar-refractivity contribution in [3.8, 4) is 29.5 Å². The molecule has 0 spiro atoms. The Morgan fingerprint density at radius 3 is 2.61 bits per heavy atom. The van der Waals surface area contributed by atoms with Crippen LogP contribution in [0.2, 0.25) is 0 Å². The molecule has 9 heteroatoms. The second-order valence-corrected chi connectivity index (χ2v) is 5.18. The minimum atomic E-state index is -5.04. The van der Waals surface area contributed by atoms with E-state index >= 15 is 0 Å². The van der Waals surface area contributed by atoms with Gasteiger partial charge in [-0.15, -0.1) is 16.1 Å². The predicted octanol–water partition coefficient (Wildman–Crippen LogP) is 2.30. The Labute approximate surface area is 133 Å². The van der Waals surface area contributed by atoms with Crippen molar-refractivity contribution in [2.24, 2.45) is 0 Å². The number of hydrogen-bond donors (Lipinski definition) is 0. The third-order valence-electron chi connectivity index (χ3n) is 2.76. The van der Waals surface area contributed by atoms with Crippen LogP contribution in [0, 0.1) is 12.3 Å². The van der Waals surface area contributed by atoms with Crippen LogP contribution >= 0.6 is 11.8 Å². The highest BCUT2D eigenvalue weighted by Gasteiger charge is 2.48. The van der Waals surface area contributed by atoms with Crippen molar-refractivity contribution in [1.82, 2.24) is 9.67 Å². The van der Waals surface area contributed by atoms with Gasteiger partial charge in [-0.05, 0) is 41.1 Å². The van der Waals surface area contributed by atoms with Gasteiger partial charge in [0.1, 0.15) is 5.75 Å². The van der Waals surface area contributed by atoms with E-state index in [1.54, 1.807) is 12.1 Å². The second kappa shape index (κ2) is 6.75. The summed E-state index contributed by atoms with van der Waals surface area (Å²) < 4.78 is 44.0. The van der Waals surface area contributed by atoms with Gasteiger partial charge in [-0.2, -0.15) is 13.2 Å². The van der Waals surface area contributed by atoms with Crippen molar-refractivity contribution in [3.05, 3.63) is 24.3 Å². The van der Waals surface area contributed by atoms with Gasteiger partial charge in [0.25, 0.3) is 5.82 Å². The maximum absolute atomic E-state index is 12.8. The number of carbonyl (C=O) groups is 1. The number of nitrogens with one attached hydrogen (secondary N) is 1. The molecule has 0 saturated carbocycles. The zero-order valence-corrected chi connectivity index (χ0v) is 12.7. The smallest absolute Gasteiger partial charge is 0.495 e. The summed E-state index contributed by atoms with van der Waals surface area (Å²) >= 11 is 0.878. The topological polar surface area (TPSA) is 58.3 Å². The lowest BCUT2D eigenvalue weighted by molar-refractivity contribution is -0.495. The molecule has 120 valence electrons. The number of H-pyrrole nitrogens is 1. The lowest BCUT2D eigenvalue weighted by Gasteiger charge is -2.05. The molecule has 0 unspecified atom stereocenters. The molecule has 0 aliphatic rings. The van der Waals surface area contributed by atoms with Gasteiger partial charge in [0, 0.05) is 5.56 Å². The number of thioether (sulfide) groups is 1. The van der Waals surface area contributed by atoms with Gasteiger partial charge in [0.15, 0.2) is 0 Å². The van der Waals surface area contributed by atoms with Crippen LogP contribution in [0.1, 0.15) is 4.79 Å². The molecular formula is C14H11F3N3O2S+. The normalized spacial score (nSPS) is 11.1. The fourth-order valence-electron chi connectivity index (χ4n) is 1.75. The molecule has 5 nitrogen and oxygen atoms in total. The van der Waals surface area contributed by atoms with Gasteiger partial charge in [0.2, 0.25) is 0 Å². The van der Waals surface area contributed by atoms with E-state index in [2.05, 4.69) is 16.1 Å². The van der Waals surface area contributed by atoms with Crippen LogP contribution in [0.25, 0.3) is 11.4 Å². The fourth-order valence-corrected chi connectivity index (χ4v) is 2.38. The van der Waals surface area contributed by atoms with E-state index in [1.807, 2.05) is 0 Å². The Morgan fingerprint density at radius 2 is 2.09 bits per heavy atom. The molecule has 0 fully saturated rings. The molecule has 1 N–H and O–H groups in total. The first-order valence-electron chi connectivity index (χ1n) is 6.21. The first kappa shape index (κ1) is 16.9. The summed E-state index contributed by atoms with van der Waals surface area (Å²) in [6.45, 7) is 0. The molecule has 1 heterocycles. The minimum Gasteiger partial charge on any atom is -0.497 e. The van der Waals surface area contributed by atoms with Crippen molar-refractivity contribution < 1.29 is 27.8 Å². The van der Waals surface area contributed by atoms with E-state index in [4.69, 9.17) is 11.2 Å². The van der Waals surface area contributed by atoms with Crippen LogP contribution in [0.3, 0.4) is 0 Å². The Morgan fingerprint density at radius 1 is 1.43 bits per heavy atom.